The lowest BCUT2D eigenvalue weighted by Gasteiger charge is -2.53. The molecule has 0 aliphatic heterocycles. The number of likely N-dealkylation sites (N-methyl/N-ethyl adjacent to an activating group) is 2. The van der Waals surface area contributed by atoms with E-state index in [4.69, 9.17) is 0 Å². The summed E-state index contributed by atoms with van der Waals surface area (Å²) in [6.45, 7) is 8.32. The fourth-order valence-electron chi connectivity index (χ4n) is 5.11. The van der Waals surface area contributed by atoms with Crippen LogP contribution in [-0.4, -0.2) is 37.1 Å². The van der Waals surface area contributed by atoms with Crippen LogP contribution in [-0.2, 0) is 0 Å². The molecule has 0 heterocycles. The summed E-state index contributed by atoms with van der Waals surface area (Å²) in [5.74, 6) is 2.69. The Labute approximate surface area is 133 Å². The Bertz CT molecular complexity index is 307. The average Bonchev–Trinajstić information content (AvgIpc) is 2.48. The molecule has 2 aliphatic carbocycles. The predicted molar refractivity (Wildman–Crippen MR) is 92.6 cm³/mol. The van der Waals surface area contributed by atoms with Gasteiger partial charge in [0.15, 0.2) is 0 Å². The van der Waals surface area contributed by atoms with Crippen LogP contribution in [0.5, 0.6) is 0 Å². The molecule has 124 valence electrons. The molecule has 0 aromatic rings. The molecule has 0 aromatic carbocycles. The number of hydrogen-bond acceptors (Lipinski definition) is 2. The van der Waals surface area contributed by atoms with Crippen molar-refractivity contribution in [2.24, 2.45) is 17.8 Å². The molecule has 4 unspecified atom stereocenters. The van der Waals surface area contributed by atoms with Gasteiger partial charge in [0.1, 0.15) is 0 Å². The molecule has 2 nitrogen and oxygen atoms in total. The summed E-state index contributed by atoms with van der Waals surface area (Å²) < 4.78 is 0. The van der Waals surface area contributed by atoms with E-state index in [1.54, 1.807) is 0 Å². The van der Waals surface area contributed by atoms with Crippen LogP contribution >= 0.6 is 0 Å². The Kier molecular flexibility index (Phi) is 6.14. The lowest BCUT2D eigenvalue weighted by molar-refractivity contribution is 0.0140. The summed E-state index contributed by atoms with van der Waals surface area (Å²) in [6.07, 6.45) is 11.3. The molecule has 2 rings (SSSR count). The van der Waals surface area contributed by atoms with Crippen LogP contribution in [0.25, 0.3) is 0 Å². The lowest BCUT2D eigenvalue weighted by Crippen LogP contribution is -2.63. The van der Waals surface area contributed by atoms with Crippen molar-refractivity contribution in [2.45, 2.75) is 83.7 Å². The molecule has 2 heteroatoms. The minimum Gasteiger partial charge on any atom is -0.312 e. The zero-order chi connectivity index (χ0) is 15.5. The third-order valence-corrected chi connectivity index (χ3v) is 6.72. The number of hydrogen-bond donors (Lipinski definition) is 1. The van der Waals surface area contributed by atoms with Crippen molar-refractivity contribution >= 4 is 0 Å². The highest BCUT2D eigenvalue weighted by molar-refractivity contribution is 5.04. The highest BCUT2D eigenvalue weighted by Crippen LogP contribution is 2.43. The molecule has 2 aliphatic rings. The summed E-state index contributed by atoms with van der Waals surface area (Å²) >= 11 is 0. The Hall–Kier alpha value is -0.0800. The smallest absolute Gasteiger partial charge is 0.0359 e. The van der Waals surface area contributed by atoms with Gasteiger partial charge in [0, 0.05) is 11.6 Å². The molecule has 21 heavy (non-hydrogen) atoms. The summed E-state index contributed by atoms with van der Waals surface area (Å²) in [5.41, 5.74) is 0.402. The van der Waals surface area contributed by atoms with E-state index in [0.717, 1.165) is 24.3 Å². The van der Waals surface area contributed by atoms with Gasteiger partial charge in [-0.15, -0.1) is 0 Å². The molecule has 0 radical (unpaired) electrons. The maximum atomic E-state index is 3.94. The van der Waals surface area contributed by atoms with Crippen LogP contribution in [0.3, 0.4) is 0 Å². The number of rotatable bonds is 5. The van der Waals surface area contributed by atoms with E-state index < -0.39 is 0 Å². The van der Waals surface area contributed by atoms with Crippen LogP contribution in [0.1, 0.15) is 72.1 Å². The molecule has 0 aromatic heterocycles. The average molecular weight is 295 g/mol. The van der Waals surface area contributed by atoms with E-state index in [1.807, 2.05) is 0 Å². The Morgan fingerprint density at radius 3 is 2.24 bits per heavy atom. The first-order valence-corrected chi connectivity index (χ1v) is 9.42. The van der Waals surface area contributed by atoms with Crippen molar-refractivity contribution in [3.8, 4) is 0 Å². The van der Waals surface area contributed by atoms with Gasteiger partial charge in [-0.1, -0.05) is 46.5 Å². The maximum absolute atomic E-state index is 3.94. The van der Waals surface area contributed by atoms with E-state index in [1.165, 1.54) is 51.4 Å². The number of nitrogens with zero attached hydrogens (tertiary/aromatic N) is 1. The second-order valence-electron chi connectivity index (χ2n) is 8.12. The Balaban J connectivity index is 2.19. The van der Waals surface area contributed by atoms with Crippen LogP contribution in [0, 0.1) is 17.8 Å². The minimum atomic E-state index is 0.402. The van der Waals surface area contributed by atoms with Crippen LogP contribution < -0.4 is 5.32 Å². The standard InChI is InChI=1S/C19H38N2/c1-6-20-18(17-11-10-15(2)16(3)14-17)19(21(4)5)12-8-7-9-13-19/h15-18,20H,6-14H2,1-5H3. The van der Waals surface area contributed by atoms with Crippen LogP contribution in [0.2, 0.25) is 0 Å². The van der Waals surface area contributed by atoms with E-state index in [-0.39, 0.29) is 0 Å². The Morgan fingerprint density at radius 2 is 1.71 bits per heavy atom. The summed E-state index contributed by atoms with van der Waals surface area (Å²) in [4.78, 5) is 2.57. The predicted octanol–water partition coefficient (Wildman–Crippen LogP) is 4.30. The van der Waals surface area contributed by atoms with Gasteiger partial charge in [-0.25, -0.2) is 0 Å². The fraction of sp³-hybridized carbons (Fsp3) is 1.00. The molecule has 4 atom stereocenters. The first-order chi connectivity index (χ1) is 10.0. The van der Waals surface area contributed by atoms with Crippen molar-refractivity contribution < 1.29 is 0 Å². The van der Waals surface area contributed by atoms with E-state index in [0.29, 0.717) is 11.6 Å². The first kappa shape index (κ1) is 17.3. The van der Waals surface area contributed by atoms with Gasteiger partial charge in [0.2, 0.25) is 0 Å². The molecule has 0 saturated heterocycles. The van der Waals surface area contributed by atoms with Gasteiger partial charge in [-0.2, -0.15) is 0 Å². The van der Waals surface area contributed by atoms with Gasteiger partial charge >= 0.3 is 0 Å². The van der Waals surface area contributed by atoms with Crippen molar-refractivity contribution in [3.63, 3.8) is 0 Å². The zero-order valence-electron chi connectivity index (χ0n) is 15.1. The van der Waals surface area contributed by atoms with Crippen LogP contribution in [0.15, 0.2) is 0 Å². The molecular weight excluding hydrogens is 256 g/mol. The maximum Gasteiger partial charge on any atom is 0.0359 e. The highest BCUT2D eigenvalue weighted by Gasteiger charge is 2.45. The van der Waals surface area contributed by atoms with Gasteiger partial charge in [-0.05, 0) is 64.1 Å². The Morgan fingerprint density at radius 1 is 1.05 bits per heavy atom. The second kappa shape index (κ2) is 7.46. The molecular formula is C19H38N2. The molecule has 0 spiro atoms. The summed E-state index contributed by atoms with van der Waals surface area (Å²) in [5, 5.41) is 3.94. The van der Waals surface area contributed by atoms with Gasteiger partial charge < -0.3 is 10.2 Å². The van der Waals surface area contributed by atoms with Crippen molar-refractivity contribution in [3.05, 3.63) is 0 Å². The summed E-state index contributed by atoms with van der Waals surface area (Å²) in [7, 11) is 4.65. The normalized spacial score (nSPS) is 34.9. The SMILES string of the molecule is CCNC(C1CCC(C)C(C)C1)C1(N(C)C)CCCCC1. The molecule has 2 fully saturated rings. The second-order valence-corrected chi connectivity index (χ2v) is 8.12. The molecule has 2 saturated carbocycles. The van der Waals surface area contributed by atoms with Crippen molar-refractivity contribution in [1.82, 2.24) is 10.2 Å². The van der Waals surface area contributed by atoms with E-state index in [9.17, 15) is 0 Å². The van der Waals surface area contributed by atoms with Gasteiger partial charge in [-0.3, -0.25) is 0 Å². The highest BCUT2D eigenvalue weighted by atomic mass is 15.2. The van der Waals surface area contributed by atoms with Crippen LogP contribution in [0.4, 0.5) is 0 Å². The molecule has 0 amide bonds. The quantitative estimate of drug-likeness (QED) is 0.813. The summed E-state index contributed by atoms with van der Waals surface area (Å²) in [6, 6.07) is 0.688. The molecule has 1 N–H and O–H groups in total. The largest absolute Gasteiger partial charge is 0.312 e. The molecule has 0 bridgehead atoms. The first-order valence-electron chi connectivity index (χ1n) is 9.42. The zero-order valence-corrected chi connectivity index (χ0v) is 15.1. The van der Waals surface area contributed by atoms with Gasteiger partial charge in [0.25, 0.3) is 0 Å². The third kappa shape index (κ3) is 3.64. The van der Waals surface area contributed by atoms with Gasteiger partial charge in [0.05, 0.1) is 0 Å². The topological polar surface area (TPSA) is 15.3 Å². The number of nitrogens with one attached hydrogen (secondary N) is 1. The monoisotopic (exact) mass is 294 g/mol. The third-order valence-electron chi connectivity index (χ3n) is 6.72. The van der Waals surface area contributed by atoms with Crippen molar-refractivity contribution in [1.29, 1.82) is 0 Å². The van der Waals surface area contributed by atoms with E-state index in [2.05, 4.69) is 45.1 Å². The lowest BCUT2D eigenvalue weighted by atomic mass is 9.65. The fourth-order valence-corrected chi connectivity index (χ4v) is 5.11. The van der Waals surface area contributed by atoms with Crippen molar-refractivity contribution in [2.75, 3.05) is 20.6 Å². The van der Waals surface area contributed by atoms with E-state index >= 15 is 0 Å². The minimum absolute atomic E-state index is 0.402.